The van der Waals surface area contributed by atoms with Gasteiger partial charge in [-0.15, -0.1) is 4.99 Å². The summed E-state index contributed by atoms with van der Waals surface area (Å²) in [5.41, 5.74) is -0.219. The van der Waals surface area contributed by atoms with Crippen molar-refractivity contribution < 1.29 is 9.32 Å². The lowest BCUT2D eigenvalue weighted by atomic mass is 9.97. The summed E-state index contributed by atoms with van der Waals surface area (Å²) in [6, 6.07) is 0. The number of aromatic nitrogens is 2. The average Bonchev–Trinajstić information content (AvgIpc) is 2.35. The molecule has 64 valence electrons. The minimum absolute atomic E-state index is 0.0231. The van der Waals surface area contributed by atoms with E-state index in [1.807, 2.05) is 20.8 Å². The second-order valence-corrected chi connectivity index (χ2v) is 3.35. The second kappa shape index (κ2) is 2.87. The quantitative estimate of drug-likeness (QED) is 0.467. The Bertz CT molecular complexity index is 318. The Morgan fingerprint density at radius 1 is 1.50 bits per heavy atom. The highest BCUT2D eigenvalue weighted by molar-refractivity contribution is 5.40. The zero-order chi connectivity index (χ0) is 9.19. The van der Waals surface area contributed by atoms with E-state index in [2.05, 4.69) is 15.1 Å². The third-order valence-electron chi connectivity index (χ3n) is 1.20. The number of rotatable bonds is 1. The van der Waals surface area contributed by atoms with Gasteiger partial charge in [-0.2, -0.15) is 4.98 Å². The van der Waals surface area contributed by atoms with Crippen molar-refractivity contribution in [3.05, 3.63) is 5.89 Å². The summed E-state index contributed by atoms with van der Waals surface area (Å²) in [6.07, 6.45) is 1.34. The van der Waals surface area contributed by atoms with Crippen LogP contribution in [0.1, 0.15) is 26.7 Å². The summed E-state index contributed by atoms with van der Waals surface area (Å²) < 4.78 is 4.85. The molecule has 1 aromatic heterocycles. The fraction of sp³-hybridized carbons (Fsp3) is 0.571. The van der Waals surface area contributed by atoms with Gasteiger partial charge in [0, 0.05) is 5.41 Å². The number of carbonyl (C=O) groups excluding carboxylic acids is 1. The fourth-order valence-corrected chi connectivity index (χ4v) is 0.607. The summed E-state index contributed by atoms with van der Waals surface area (Å²) in [5, 5.41) is 3.46. The van der Waals surface area contributed by atoms with Gasteiger partial charge in [0.05, 0.1) is 0 Å². The molecule has 1 heterocycles. The van der Waals surface area contributed by atoms with E-state index in [1.54, 1.807) is 0 Å². The van der Waals surface area contributed by atoms with E-state index in [4.69, 9.17) is 4.52 Å². The normalized spacial score (nSPS) is 10.9. The predicted molar refractivity (Wildman–Crippen MR) is 40.8 cm³/mol. The van der Waals surface area contributed by atoms with Crippen molar-refractivity contribution in [1.82, 2.24) is 10.1 Å². The van der Waals surface area contributed by atoms with Crippen molar-refractivity contribution in [2.24, 2.45) is 4.99 Å². The zero-order valence-electron chi connectivity index (χ0n) is 7.16. The first-order valence-corrected chi connectivity index (χ1v) is 3.46. The van der Waals surface area contributed by atoms with E-state index in [0.29, 0.717) is 5.89 Å². The van der Waals surface area contributed by atoms with Crippen molar-refractivity contribution in [2.75, 3.05) is 0 Å². The molecule has 0 aliphatic rings. The Morgan fingerprint density at radius 3 is 2.58 bits per heavy atom. The van der Waals surface area contributed by atoms with Gasteiger partial charge in [0.2, 0.25) is 12.0 Å². The molecule has 1 aromatic rings. The number of isocyanates is 1. The van der Waals surface area contributed by atoms with Crippen molar-refractivity contribution >= 4 is 12.0 Å². The van der Waals surface area contributed by atoms with Gasteiger partial charge in [0.1, 0.15) is 0 Å². The molecule has 1 rings (SSSR count). The van der Waals surface area contributed by atoms with Crippen LogP contribution in [0.3, 0.4) is 0 Å². The minimum Gasteiger partial charge on any atom is -0.337 e. The smallest absolute Gasteiger partial charge is 0.300 e. The van der Waals surface area contributed by atoms with Crippen LogP contribution in [-0.4, -0.2) is 16.2 Å². The first-order chi connectivity index (χ1) is 5.54. The molecule has 0 atom stereocenters. The molecule has 5 nitrogen and oxygen atoms in total. The summed E-state index contributed by atoms with van der Waals surface area (Å²) in [5.74, 6) is 0.478. The van der Waals surface area contributed by atoms with Gasteiger partial charge < -0.3 is 4.52 Å². The van der Waals surface area contributed by atoms with Crippen LogP contribution in [0.5, 0.6) is 0 Å². The van der Waals surface area contributed by atoms with Crippen LogP contribution in [0.25, 0.3) is 0 Å². The van der Waals surface area contributed by atoms with Gasteiger partial charge in [0.25, 0.3) is 5.95 Å². The second-order valence-electron chi connectivity index (χ2n) is 3.35. The van der Waals surface area contributed by atoms with Gasteiger partial charge in [-0.1, -0.05) is 20.8 Å². The van der Waals surface area contributed by atoms with Gasteiger partial charge in [-0.05, 0) is 5.16 Å². The molecule has 12 heavy (non-hydrogen) atoms. The lowest BCUT2D eigenvalue weighted by molar-refractivity contribution is 0.321. The van der Waals surface area contributed by atoms with Crippen LogP contribution >= 0.6 is 0 Å². The Morgan fingerprint density at radius 2 is 2.17 bits per heavy atom. The lowest BCUT2D eigenvalue weighted by Crippen LogP contribution is -2.10. The Kier molecular flexibility index (Phi) is 2.06. The van der Waals surface area contributed by atoms with Gasteiger partial charge in [0.15, 0.2) is 0 Å². The predicted octanol–water partition coefficient (Wildman–Crippen LogP) is 1.33. The van der Waals surface area contributed by atoms with Crippen LogP contribution in [0, 0.1) is 0 Å². The number of hydrogen-bond acceptors (Lipinski definition) is 5. The van der Waals surface area contributed by atoms with E-state index < -0.39 is 0 Å². The fourth-order valence-electron chi connectivity index (χ4n) is 0.607. The average molecular weight is 167 g/mol. The SMILES string of the molecule is CC(C)(C)c1nc(N=C=O)no1. The molecule has 0 saturated heterocycles. The molecular formula is C7H9N3O2. The van der Waals surface area contributed by atoms with E-state index in [1.165, 1.54) is 6.08 Å². The molecule has 5 heteroatoms. The molecule has 0 aliphatic heterocycles. The van der Waals surface area contributed by atoms with E-state index >= 15 is 0 Å². The number of aliphatic imine (C=N–C) groups is 1. The molecule has 0 spiro atoms. The molecule has 0 bridgehead atoms. The first kappa shape index (κ1) is 8.62. The molecule has 0 aromatic carbocycles. The Balaban J connectivity index is 2.99. The minimum atomic E-state index is -0.219. The highest BCUT2D eigenvalue weighted by Gasteiger charge is 2.21. The van der Waals surface area contributed by atoms with Crippen LogP contribution in [0.15, 0.2) is 9.52 Å². The van der Waals surface area contributed by atoms with Crippen LogP contribution in [0.4, 0.5) is 5.95 Å². The standard InChI is InChI=1S/C7H9N3O2/c1-7(2,3)5-9-6(8-4-11)10-12-5/h1-3H3. The maximum atomic E-state index is 9.82. The van der Waals surface area contributed by atoms with Crippen molar-refractivity contribution in [3.63, 3.8) is 0 Å². The molecule has 0 amide bonds. The molecule has 0 saturated carbocycles. The van der Waals surface area contributed by atoms with Gasteiger partial charge >= 0.3 is 0 Å². The van der Waals surface area contributed by atoms with Gasteiger partial charge in [-0.3, -0.25) is 0 Å². The van der Waals surface area contributed by atoms with Crippen LogP contribution in [-0.2, 0) is 10.2 Å². The summed E-state index contributed by atoms with van der Waals surface area (Å²) >= 11 is 0. The third kappa shape index (κ3) is 1.77. The Labute approximate surface area is 69.5 Å². The maximum absolute atomic E-state index is 9.82. The van der Waals surface area contributed by atoms with Crippen molar-refractivity contribution in [1.29, 1.82) is 0 Å². The number of hydrogen-bond donors (Lipinski definition) is 0. The molecule has 0 fully saturated rings. The van der Waals surface area contributed by atoms with Crippen LogP contribution < -0.4 is 0 Å². The van der Waals surface area contributed by atoms with E-state index in [9.17, 15) is 4.79 Å². The zero-order valence-corrected chi connectivity index (χ0v) is 7.16. The Hall–Kier alpha value is -1.48. The maximum Gasteiger partial charge on any atom is 0.300 e. The largest absolute Gasteiger partial charge is 0.337 e. The first-order valence-electron chi connectivity index (χ1n) is 3.46. The lowest BCUT2D eigenvalue weighted by Gasteiger charge is -2.09. The van der Waals surface area contributed by atoms with Crippen molar-refractivity contribution in [3.8, 4) is 0 Å². The molecule has 0 N–H and O–H groups in total. The van der Waals surface area contributed by atoms with Crippen LogP contribution in [0.2, 0.25) is 0 Å². The summed E-state index contributed by atoms with van der Waals surface area (Å²) in [7, 11) is 0. The highest BCUT2D eigenvalue weighted by Crippen LogP contribution is 2.21. The van der Waals surface area contributed by atoms with E-state index in [-0.39, 0.29) is 11.4 Å². The van der Waals surface area contributed by atoms with Gasteiger partial charge in [-0.25, -0.2) is 4.79 Å². The van der Waals surface area contributed by atoms with E-state index in [0.717, 1.165) is 0 Å². The molecule has 0 unspecified atom stereocenters. The summed E-state index contributed by atoms with van der Waals surface area (Å²) in [4.78, 5) is 16.9. The highest BCUT2D eigenvalue weighted by atomic mass is 16.5. The molecule has 0 aliphatic carbocycles. The monoisotopic (exact) mass is 167 g/mol. The topological polar surface area (TPSA) is 68.3 Å². The van der Waals surface area contributed by atoms with Crippen molar-refractivity contribution in [2.45, 2.75) is 26.2 Å². The number of nitrogens with zero attached hydrogens (tertiary/aromatic N) is 3. The third-order valence-corrected chi connectivity index (χ3v) is 1.20. The molecule has 0 radical (unpaired) electrons. The summed E-state index contributed by atoms with van der Waals surface area (Å²) in [6.45, 7) is 5.78. The molecular weight excluding hydrogens is 158 g/mol.